The van der Waals surface area contributed by atoms with Gasteiger partial charge in [-0.2, -0.15) is 0 Å². The Labute approximate surface area is 154 Å². The maximum absolute atomic E-state index is 13.0. The van der Waals surface area contributed by atoms with Crippen LogP contribution in [0, 0.1) is 13.8 Å². The molecule has 0 spiro atoms. The minimum Gasteiger partial charge on any atom is -0.327 e. The second-order valence-corrected chi connectivity index (χ2v) is 6.46. The third kappa shape index (κ3) is 4.55. The molecule has 3 aromatic rings. The Morgan fingerprint density at radius 1 is 1.04 bits per heavy atom. The lowest BCUT2D eigenvalue weighted by Crippen LogP contribution is -2.86. The Bertz CT molecular complexity index is 863. The highest BCUT2D eigenvalue weighted by molar-refractivity contribution is 5.95. The number of quaternary nitrogens is 1. The normalized spacial score (nSPS) is 11.8. The number of amides is 1. The molecule has 2 aromatic carbocycles. The highest BCUT2D eigenvalue weighted by Gasteiger charge is 2.24. The van der Waals surface area contributed by atoms with Gasteiger partial charge >= 0.3 is 0 Å². The zero-order valence-corrected chi connectivity index (χ0v) is 15.1. The smallest absolute Gasteiger partial charge is 0.287 e. The van der Waals surface area contributed by atoms with Crippen LogP contribution >= 0.6 is 0 Å². The Morgan fingerprint density at radius 2 is 1.81 bits per heavy atom. The van der Waals surface area contributed by atoms with Gasteiger partial charge in [0.05, 0.1) is 5.69 Å². The maximum Gasteiger partial charge on any atom is 0.287 e. The van der Waals surface area contributed by atoms with Gasteiger partial charge in [0.1, 0.15) is 6.54 Å². The molecule has 1 aromatic heterocycles. The molecule has 4 heteroatoms. The average Bonchev–Trinajstić information content (AvgIpc) is 2.66. The van der Waals surface area contributed by atoms with Gasteiger partial charge in [0.15, 0.2) is 6.04 Å². The van der Waals surface area contributed by atoms with Gasteiger partial charge < -0.3 is 10.6 Å². The number of benzene rings is 2. The van der Waals surface area contributed by atoms with E-state index in [-0.39, 0.29) is 11.9 Å². The number of nitrogens with zero attached hydrogens (tertiary/aromatic N) is 1. The Morgan fingerprint density at radius 3 is 2.54 bits per heavy atom. The Hall–Kier alpha value is -2.98. The number of hydrogen-bond acceptors (Lipinski definition) is 2. The van der Waals surface area contributed by atoms with E-state index in [1.165, 1.54) is 0 Å². The zero-order valence-electron chi connectivity index (χ0n) is 15.1. The number of aryl methyl sites for hydroxylation is 2. The standard InChI is InChI=1S/C22H23N3O/c1-16-11-12-17(2)20(14-16)25-22(26)21(18-8-4-3-5-9-18)24-15-19-10-6-7-13-23-19/h3-14,21,24H,15H2,1-2H3,(H,25,26)/p+1/t21-/m1/s1. The highest BCUT2D eigenvalue weighted by atomic mass is 16.2. The minimum absolute atomic E-state index is 0.0270. The summed E-state index contributed by atoms with van der Waals surface area (Å²) in [4.78, 5) is 17.4. The van der Waals surface area contributed by atoms with Crippen LogP contribution in [0.2, 0.25) is 0 Å². The summed E-state index contributed by atoms with van der Waals surface area (Å²) in [6.07, 6.45) is 1.77. The Balaban J connectivity index is 1.80. The third-order valence-corrected chi connectivity index (χ3v) is 4.38. The van der Waals surface area contributed by atoms with Crippen LogP contribution in [-0.2, 0) is 11.3 Å². The molecular formula is C22H24N3O+. The van der Waals surface area contributed by atoms with Gasteiger partial charge in [-0.25, -0.2) is 0 Å². The van der Waals surface area contributed by atoms with Crippen LogP contribution in [0.5, 0.6) is 0 Å². The predicted molar refractivity (Wildman–Crippen MR) is 104 cm³/mol. The molecule has 0 unspecified atom stereocenters. The number of aromatic nitrogens is 1. The fourth-order valence-electron chi connectivity index (χ4n) is 2.89. The molecule has 4 nitrogen and oxygen atoms in total. The molecule has 1 amide bonds. The topological polar surface area (TPSA) is 58.6 Å². The first kappa shape index (κ1) is 17.8. The van der Waals surface area contributed by atoms with Crippen molar-refractivity contribution in [3.63, 3.8) is 0 Å². The van der Waals surface area contributed by atoms with E-state index in [1.807, 2.05) is 85.9 Å². The van der Waals surface area contributed by atoms with Crippen LogP contribution in [0.4, 0.5) is 5.69 Å². The summed E-state index contributed by atoms with van der Waals surface area (Å²) in [5.41, 5.74) is 4.97. The van der Waals surface area contributed by atoms with Crippen molar-refractivity contribution in [2.24, 2.45) is 0 Å². The van der Waals surface area contributed by atoms with Crippen molar-refractivity contribution >= 4 is 11.6 Å². The number of rotatable bonds is 6. The van der Waals surface area contributed by atoms with Gasteiger partial charge in [-0.3, -0.25) is 9.78 Å². The predicted octanol–water partition coefficient (Wildman–Crippen LogP) is 3.14. The van der Waals surface area contributed by atoms with Crippen molar-refractivity contribution in [3.05, 3.63) is 95.3 Å². The lowest BCUT2D eigenvalue weighted by molar-refractivity contribution is -0.698. The fourth-order valence-corrected chi connectivity index (χ4v) is 2.89. The molecule has 0 aliphatic carbocycles. The first-order valence-corrected chi connectivity index (χ1v) is 8.80. The fraction of sp³-hybridized carbons (Fsp3) is 0.182. The van der Waals surface area contributed by atoms with Gasteiger partial charge in [0.25, 0.3) is 5.91 Å². The van der Waals surface area contributed by atoms with E-state index in [0.717, 1.165) is 28.1 Å². The van der Waals surface area contributed by atoms with Gasteiger partial charge in [-0.1, -0.05) is 48.5 Å². The molecule has 0 bridgehead atoms. The SMILES string of the molecule is Cc1ccc(C)c(NC(=O)[C@H]([NH2+]Cc2ccccn2)c2ccccc2)c1. The number of nitrogens with two attached hydrogens (primary N) is 1. The molecule has 1 heterocycles. The van der Waals surface area contributed by atoms with E-state index in [1.54, 1.807) is 6.20 Å². The molecule has 0 fully saturated rings. The average molecular weight is 346 g/mol. The summed E-state index contributed by atoms with van der Waals surface area (Å²) in [6.45, 7) is 4.67. The molecule has 1 atom stereocenters. The van der Waals surface area contributed by atoms with Gasteiger partial charge in [-0.05, 0) is 43.2 Å². The van der Waals surface area contributed by atoms with E-state index in [4.69, 9.17) is 0 Å². The minimum atomic E-state index is -0.335. The van der Waals surface area contributed by atoms with Crippen LogP contribution in [-0.4, -0.2) is 10.9 Å². The summed E-state index contributed by atoms with van der Waals surface area (Å²) >= 11 is 0. The summed E-state index contributed by atoms with van der Waals surface area (Å²) in [5.74, 6) is -0.0270. The molecule has 0 saturated heterocycles. The summed E-state index contributed by atoms with van der Waals surface area (Å²) in [5, 5.41) is 5.12. The maximum atomic E-state index is 13.0. The van der Waals surface area contributed by atoms with Gasteiger partial charge in [0.2, 0.25) is 0 Å². The number of pyridine rings is 1. The zero-order chi connectivity index (χ0) is 18.4. The Kier molecular flexibility index (Phi) is 5.77. The van der Waals surface area contributed by atoms with Crippen LogP contribution in [0.1, 0.15) is 28.4 Å². The first-order chi connectivity index (χ1) is 12.6. The largest absolute Gasteiger partial charge is 0.327 e. The van der Waals surface area contributed by atoms with Crippen molar-refractivity contribution in [2.45, 2.75) is 26.4 Å². The molecule has 3 N–H and O–H groups in total. The molecular weight excluding hydrogens is 322 g/mol. The van der Waals surface area contributed by atoms with Crippen molar-refractivity contribution in [1.82, 2.24) is 4.98 Å². The van der Waals surface area contributed by atoms with Crippen LogP contribution < -0.4 is 10.6 Å². The van der Waals surface area contributed by atoms with E-state index < -0.39 is 0 Å². The number of anilines is 1. The second kappa shape index (κ2) is 8.41. The van der Waals surface area contributed by atoms with E-state index in [0.29, 0.717) is 6.54 Å². The van der Waals surface area contributed by atoms with E-state index in [2.05, 4.69) is 10.3 Å². The molecule has 3 rings (SSSR count). The van der Waals surface area contributed by atoms with Crippen LogP contribution in [0.15, 0.2) is 72.9 Å². The molecule has 132 valence electrons. The number of hydrogen-bond donors (Lipinski definition) is 2. The summed E-state index contributed by atoms with van der Waals surface area (Å²) < 4.78 is 0. The first-order valence-electron chi connectivity index (χ1n) is 8.80. The van der Waals surface area contributed by atoms with E-state index in [9.17, 15) is 4.79 Å². The lowest BCUT2D eigenvalue weighted by Gasteiger charge is -2.17. The monoisotopic (exact) mass is 346 g/mol. The molecule has 26 heavy (non-hydrogen) atoms. The number of carbonyl (C=O) groups is 1. The molecule has 0 radical (unpaired) electrons. The number of carbonyl (C=O) groups excluding carboxylic acids is 1. The third-order valence-electron chi connectivity index (χ3n) is 4.38. The molecule has 0 saturated carbocycles. The highest BCUT2D eigenvalue weighted by Crippen LogP contribution is 2.18. The van der Waals surface area contributed by atoms with Crippen molar-refractivity contribution in [1.29, 1.82) is 0 Å². The molecule has 0 aliphatic heterocycles. The quantitative estimate of drug-likeness (QED) is 0.720. The van der Waals surface area contributed by atoms with Crippen LogP contribution in [0.3, 0.4) is 0 Å². The molecule has 0 aliphatic rings. The second-order valence-electron chi connectivity index (χ2n) is 6.46. The summed E-state index contributed by atoms with van der Waals surface area (Å²) in [7, 11) is 0. The van der Waals surface area contributed by atoms with Crippen molar-refractivity contribution in [3.8, 4) is 0 Å². The van der Waals surface area contributed by atoms with Gasteiger partial charge in [-0.15, -0.1) is 0 Å². The van der Waals surface area contributed by atoms with Crippen molar-refractivity contribution in [2.75, 3.05) is 5.32 Å². The van der Waals surface area contributed by atoms with E-state index >= 15 is 0 Å². The van der Waals surface area contributed by atoms with Crippen LogP contribution in [0.25, 0.3) is 0 Å². The van der Waals surface area contributed by atoms with Crippen molar-refractivity contribution < 1.29 is 10.1 Å². The van der Waals surface area contributed by atoms with Gasteiger partial charge in [0, 0.05) is 17.4 Å². The lowest BCUT2D eigenvalue weighted by atomic mass is 10.0. The summed E-state index contributed by atoms with van der Waals surface area (Å²) in [6, 6.07) is 21.4. The number of nitrogens with one attached hydrogen (secondary N) is 1.